The van der Waals surface area contributed by atoms with Crippen molar-refractivity contribution >= 4 is 27.0 Å². The van der Waals surface area contributed by atoms with Gasteiger partial charge in [0, 0.05) is 23.6 Å². The summed E-state index contributed by atoms with van der Waals surface area (Å²) in [6.07, 6.45) is 5.41. The van der Waals surface area contributed by atoms with Gasteiger partial charge in [0.1, 0.15) is 15.7 Å². The summed E-state index contributed by atoms with van der Waals surface area (Å²) in [6, 6.07) is 10.2. The van der Waals surface area contributed by atoms with Crippen LogP contribution in [0.25, 0.3) is 0 Å². The van der Waals surface area contributed by atoms with Gasteiger partial charge in [-0.3, -0.25) is 4.72 Å². The molecule has 1 atom stereocenters. The van der Waals surface area contributed by atoms with Crippen LogP contribution in [0, 0.1) is 5.92 Å². The molecule has 2 heterocycles. The van der Waals surface area contributed by atoms with E-state index in [1.165, 1.54) is 0 Å². The fourth-order valence-electron chi connectivity index (χ4n) is 4.60. The molecule has 0 amide bonds. The fourth-order valence-corrected chi connectivity index (χ4v) is 6.64. The Morgan fingerprint density at radius 3 is 2.52 bits per heavy atom. The van der Waals surface area contributed by atoms with Gasteiger partial charge in [-0.1, -0.05) is 44.9 Å². The number of nitrogens with one attached hydrogen (secondary N) is 1. The topological polar surface area (TPSA) is 96.6 Å². The van der Waals surface area contributed by atoms with Gasteiger partial charge in [0.15, 0.2) is 0 Å². The van der Waals surface area contributed by atoms with E-state index < -0.39 is 21.6 Å². The van der Waals surface area contributed by atoms with E-state index in [4.69, 9.17) is 4.42 Å². The van der Waals surface area contributed by atoms with Gasteiger partial charge in [-0.25, -0.2) is 13.2 Å². The quantitative estimate of drug-likeness (QED) is 0.468. The van der Waals surface area contributed by atoms with Crippen LogP contribution in [0.5, 0.6) is 5.75 Å². The second-order valence-electron chi connectivity index (χ2n) is 8.85. The van der Waals surface area contributed by atoms with Crippen molar-refractivity contribution in [2.75, 3.05) is 4.72 Å². The Morgan fingerprint density at radius 1 is 1.06 bits per heavy atom. The molecule has 0 saturated carbocycles. The van der Waals surface area contributed by atoms with Crippen LogP contribution < -0.4 is 10.3 Å². The number of fused-ring (bicyclic) bond motifs is 1. The highest BCUT2D eigenvalue weighted by Crippen LogP contribution is 2.39. The van der Waals surface area contributed by atoms with Gasteiger partial charge in [-0.05, 0) is 54.3 Å². The summed E-state index contributed by atoms with van der Waals surface area (Å²) in [5, 5.41) is 12.9. The number of thiophene rings is 1. The Hall–Kier alpha value is -2.58. The Kier molecular flexibility index (Phi) is 6.95. The third-order valence-electron chi connectivity index (χ3n) is 6.13. The maximum Gasteiger partial charge on any atom is 0.343 e. The highest BCUT2D eigenvalue weighted by molar-refractivity contribution is 7.94. The van der Waals surface area contributed by atoms with E-state index in [9.17, 15) is 18.3 Å². The lowest BCUT2D eigenvalue weighted by molar-refractivity contribution is 0.376. The minimum absolute atomic E-state index is 0.0328. The number of benzene rings is 1. The molecule has 0 spiro atoms. The van der Waals surface area contributed by atoms with E-state index in [2.05, 4.69) is 4.72 Å². The smallest absolute Gasteiger partial charge is 0.343 e. The second kappa shape index (κ2) is 9.73. The van der Waals surface area contributed by atoms with Gasteiger partial charge in [0.2, 0.25) is 0 Å². The first kappa shape index (κ1) is 23.6. The van der Waals surface area contributed by atoms with E-state index >= 15 is 0 Å². The minimum atomic E-state index is -3.69. The summed E-state index contributed by atoms with van der Waals surface area (Å²) >= 11 is 1.14. The van der Waals surface area contributed by atoms with Crippen molar-refractivity contribution in [3.63, 3.8) is 0 Å². The number of hydrogen-bond donors (Lipinski definition) is 2. The Bertz CT molecular complexity index is 1280. The number of sulfonamides is 1. The number of rotatable bonds is 6. The molecule has 1 aliphatic rings. The number of aryl methyl sites for hydroxylation is 1. The van der Waals surface area contributed by atoms with E-state index in [1.807, 2.05) is 19.9 Å². The molecular formula is C25H29NO5S2. The molecule has 0 saturated heterocycles. The molecule has 6 nitrogen and oxygen atoms in total. The van der Waals surface area contributed by atoms with Crippen molar-refractivity contribution in [2.24, 2.45) is 5.92 Å². The number of hydrogen-bond acceptors (Lipinski definition) is 6. The number of anilines is 1. The molecule has 0 fully saturated rings. The molecule has 33 heavy (non-hydrogen) atoms. The van der Waals surface area contributed by atoms with Gasteiger partial charge in [-0.15, -0.1) is 11.3 Å². The average molecular weight is 488 g/mol. The van der Waals surface area contributed by atoms with Crippen LogP contribution in [0.15, 0.2) is 55.2 Å². The SMILES string of the molecule is CC(C)C(c1cccc(NS(=O)(=O)c2cccs2)c1)c1c(O)c2c(oc1=O)CCCCCC2. The summed E-state index contributed by atoms with van der Waals surface area (Å²) in [4.78, 5) is 13.1. The lowest BCUT2D eigenvalue weighted by Crippen LogP contribution is -2.21. The van der Waals surface area contributed by atoms with Crippen LogP contribution >= 0.6 is 11.3 Å². The van der Waals surface area contributed by atoms with E-state index in [0.29, 0.717) is 24.3 Å². The van der Waals surface area contributed by atoms with Crippen LogP contribution in [0.1, 0.15) is 67.9 Å². The van der Waals surface area contributed by atoms with E-state index in [-0.39, 0.29) is 21.4 Å². The standard InChI is InChI=1S/C25H29NO5S2/c1-16(2)22(23-24(27)19-11-5-3-4-6-12-20(19)31-25(23)28)17-9-7-10-18(15-17)26-33(29,30)21-13-8-14-32-21/h7-10,13-16,22,26-27H,3-6,11-12H2,1-2H3. The van der Waals surface area contributed by atoms with E-state index in [0.717, 1.165) is 48.1 Å². The third kappa shape index (κ3) is 5.01. The lowest BCUT2D eigenvalue weighted by Gasteiger charge is -2.24. The zero-order valence-electron chi connectivity index (χ0n) is 18.8. The maximum absolute atomic E-state index is 13.1. The molecule has 2 N–H and O–H groups in total. The minimum Gasteiger partial charge on any atom is -0.507 e. The van der Waals surface area contributed by atoms with Gasteiger partial charge < -0.3 is 9.52 Å². The molecule has 0 aliphatic heterocycles. The van der Waals surface area contributed by atoms with Crippen molar-refractivity contribution < 1.29 is 17.9 Å². The van der Waals surface area contributed by atoms with Gasteiger partial charge in [-0.2, -0.15) is 0 Å². The van der Waals surface area contributed by atoms with Gasteiger partial charge in [0.05, 0.1) is 5.56 Å². The largest absolute Gasteiger partial charge is 0.507 e. The Labute approximate surface area is 198 Å². The van der Waals surface area contributed by atoms with Gasteiger partial charge >= 0.3 is 5.63 Å². The van der Waals surface area contributed by atoms with Gasteiger partial charge in [0.25, 0.3) is 10.0 Å². The Balaban J connectivity index is 1.75. The summed E-state index contributed by atoms with van der Waals surface area (Å²) in [7, 11) is -3.69. The van der Waals surface area contributed by atoms with Crippen LogP contribution in [-0.4, -0.2) is 13.5 Å². The zero-order valence-corrected chi connectivity index (χ0v) is 20.5. The summed E-state index contributed by atoms with van der Waals surface area (Å²) in [5.74, 6) is 0.157. The first-order chi connectivity index (χ1) is 15.8. The van der Waals surface area contributed by atoms with E-state index in [1.54, 1.807) is 35.7 Å². The average Bonchev–Trinajstić information content (AvgIpc) is 3.28. The van der Waals surface area contributed by atoms with Crippen LogP contribution in [0.4, 0.5) is 5.69 Å². The molecule has 2 aromatic heterocycles. The molecule has 1 aromatic carbocycles. The highest BCUT2D eigenvalue weighted by Gasteiger charge is 2.29. The molecule has 176 valence electrons. The second-order valence-corrected chi connectivity index (χ2v) is 11.7. The predicted molar refractivity (Wildman–Crippen MR) is 131 cm³/mol. The van der Waals surface area contributed by atoms with Crippen LogP contribution in [0.2, 0.25) is 0 Å². The molecule has 8 heteroatoms. The van der Waals surface area contributed by atoms with Crippen molar-refractivity contribution in [3.05, 3.63) is 74.6 Å². The molecule has 1 unspecified atom stereocenters. The van der Waals surface area contributed by atoms with Crippen LogP contribution in [0.3, 0.4) is 0 Å². The summed E-state index contributed by atoms with van der Waals surface area (Å²) < 4.78 is 33.9. The molecule has 4 rings (SSSR count). The zero-order chi connectivity index (χ0) is 23.6. The molecule has 3 aromatic rings. The summed E-state index contributed by atoms with van der Waals surface area (Å²) in [5.41, 5.74) is 1.62. The fraction of sp³-hybridized carbons (Fsp3) is 0.400. The predicted octanol–water partition coefficient (Wildman–Crippen LogP) is 5.65. The lowest BCUT2D eigenvalue weighted by atomic mass is 9.81. The van der Waals surface area contributed by atoms with Crippen molar-refractivity contribution in [3.8, 4) is 5.75 Å². The summed E-state index contributed by atoms with van der Waals surface area (Å²) in [6.45, 7) is 3.95. The first-order valence-corrected chi connectivity index (χ1v) is 13.7. The number of aromatic hydroxyl groups is 1. The first-order valence-electron chi connectivity index (χ1n) is 11.3. The van der Waals surface area contributed by atoms with Crippen molar-refractivity contribution in [1.82, 2.24) is 0 Å². The van der Waals surface area contributed by atoms with Crippen molar-refractivity contribution in [1.29, 1.82) is 0 Å². The Morgan fingerprint density at radius 2 is 1.82 bits per heavy atom. The molecule has 0 radical (unpaired) electrons. The van der Waals surface area contributed by atoms with Crippen LogP contribution in [-0.2, 0) is 22.9 Å². The molecule has 1 aliphatic carbocycles. The molecule has 0 bridgehead atoms. The molecular weight excluding hydrogens is 458 g/mol. The monoisotopic (exact) mass is 487 g/mol. The highest BCUT2D eigenvalue weighted by atomic mass is 32.2. The third-order valence-corrected chi connectivity index (χ3v) is 8.91. The normalized spacial score (nSPS) is 15.5. The maximum atomic E-state index is 13.1. The van der Waals surface area contributed by atoms with Crippen molar-refractivity contribution in [2.45, 2.75) is 62.5 Å².